The van der Waals surface area contributed by atoms with Gasteiger partial charge in [0, 0.05) is 7.12 Å². The van der Waals surface area contributed by atoms with Crippen molar-refractivity contribution in [3.8, 4) is 11.5 Å². The normalized spacial score (nSPS) is 10.7. The van der Waals surface area contributed by atoms with E-state index in [1.54, 1.807) is 12.1 Å². The van der Waals surface area contributed by atoms with Crippen LogP contribution in [0.3, 0.4) is 0 Å². The summed E-state index contributed by atoms with van der Waals surface area (Å²) < 4.78 is 5.61. The molecule has 0 atom stereocenters. The van der Waals surface area contributed by atoms with Gasteiger partial charge in [0.2, 0.25) is 0 Å². The average Bonchev–Trinajstić information content (AvgIpc) is 2.64. The van der Waals surface area contributed by atoms with Gasteiger partial charge in [0.05, 0.1) is 30.5 Å². The van der Waals surface area contributed by atoms with Crippen LogP contribution in [-0.4, -0.2) is 32.2 Å². The molecular weight excluding hydrogens is 334 g/mol. The van der Waals surface area contributed by atoms with Gasteiger partial charge in [0.15, 0.2) is 11.6 Å². The number of nitrogens with zero attached hydrogens (tertiary/aromatic N) is 5. The molecule has 0 aliphatic carbocycles. The Balaban J connectivity index is 0.00000261. The second-order valence-corrected chi connectivity index (χ2v) is 5.11. The maximum absolute atomic E-state index is 12.6. The summed E-state index contributed by atoms with van der Waals surface area (Å²) in [7, 11) is 0. The Morgan fingerprint density at radius 1 is 1.27 bits per heavy atom. The Labute approximate surface area is 150 Å². The number of hydrogen-bond donors (Lipinski definition) is 2. The second kappa shape index (κ2) is 7.79. The predicted octanol–water partition coefficient (Wildman–Crippen LogP) is 2.48. The summed E-state index contributed by atoms with van der Waals surface area (Å²) in [5.74, 6) is 0.884. The van der Waals surface area contributed by atoms with Crippen LogP contribution in [0.1, 0.15) is 17.5 Å². The van der Waals surface area contributed by atoms with Gasteiger partial charge in [-0.3, -0.25) is 4.79 Å². The third-order valence-corrected chi connectivity index (χ3v) is 3.19. The van der Waals surface area contributed by atoms with Gasteiger partial charge in [-0.25, -0.2) is 24.9 Å². The predicted molar refractivity (Wildman–Crippen MR) is 97.7 cm³/mol. The smallest absolute Gasteiger partial charge is 0.260 e. The van der Waals surface area contributed by atoms with Gasteiger partial charge in [-0.05, 0) is 25.1 Å². The van der Waals surface area contributed by atoms with E-state index in [4.69, 9.17) is 10.5 Å². The maximum atomic E-state index is 12.6. The Morgan fingerprint density at radius 2 is 2.08 bits per heavy atom. The van der Waals surface area contributed by atoms with Crippen LogP contribution in [0.15, 0.2) is 54.2 Å². The number of amides is 1. The van der Waals surface area contributed by atoms with Crippen molar-refractivity contribution in [1.82, 2.24) is 19.9 Å². The number of aromatic nitrogens is 4. The summed E-state index contributed by atoms with van der Waals surface area (Å²) in [6.07, 6.45) is 6.87. The van der Waals surface area contributed by atoms with Crippen LogP contribution in [0.5, 0.6) is 11.5 Å². The fourth-order valence-corrected chi connectivity index (χ4v) is 2.11. The molecule has 0 fully saturated rings. The molecule has 0 radical (unpaired) electrons. The standard InChI is InChI=1S/C17H15N7O2.H2/c1-11-3-2-4-15(23-11)24-17(25)14-5-12(8-21-16(14)22-9-18)26-13-6-19-10-20-7-13;/h2-10H,1H3,(H2,18,21,22)(H,23,24,25);1H. The molecule has 3 heterocycles. The zero-order chi connectivity index (χ0) is 18.4. The number of nitrogens with two attached hydrogens (primary N) is 1. The number of anilines is 1. The third-order valence-electron chi connectivity index (χ3n) is 3.19. The minimum Gasteiger partial charge on any atom is -0.452 e. The number of ether oxygens (including phenoxy) is 1. The SMILES string of the molecule is Cc1cccc(NC(=O)c2cc(Oc3cncnc3)cnc2/N=C\N)n1.[HH]. The van der Waals surface area contributed by atoms with Crippen molar-refractivity contribution in [1.29, 1.82) is 0 Å². The third kappa shape index (κ3) is 4.15. The number of carbonyl (C=O) groups excluding carboxylic acids is 1. The summed E-state index contributed by atoms with van der Waals surface area (Å²) in [5.41, 5.74) is 6.30. The molecule has 9 heteroatoms. The van der Waals surface area contributed by atoms with Gasteiger partial charge >= 0.3 is 0 Å². The highest BCUT2D eigenvalue weighted by molar-refractivity contribution is 6.07. The molecule has 0 spiro atoms. The minimum absolute atomic E-state index is 0. The highest BCUT2D eigenvalue weighted by Gasteiger charge is 2.15. The number of aryl methyl sites for hydroxylation is 1. The minimum atomic E-state index is -0.439. The van der Waals surface area contributed by atoms with Crippen LogP contribution in [0.25, 0.3) is 0 Å². The van der Waals surface area contributed by atoms with Crippen molar-refractivity contribution in [2.75, 3.05) is 5.32 Å². The molecule has 0 aliphatic heterocycles. The van der Waals surface area contributed by atoms with Gasteiger partial charge in [-0.15, -0.1) is 0 Å². The van der Waals surface area contributed by atoms with Crippen LogP contribution in [0, 0.1) is 6.92 Å². The van der Waals surface area contributed by atoms with Crippen molar-refractivity contribution < 1.29 is 11.0 Å². The van der Waals surface area contributed by atoms with Crippen LogP contribution in [0.2, 0.25) is 0 Å². The van der Waals surface area contributed by atoms with Crippen LogP contribution < -0.4 is 15.8 Å². The highest BCUT2D eigenvalue weighted by Crippen LogP contribution is 2.25. The molecule has 3 aromatic rings. The van der Waals surface area contributed by atoms with E-state index in [0.29, 0.717) is 17.3 Å². The van der Waals surface area contributed by atoms with Crippen LogP contribution in [-0.2, 0) is 0 Å². The van der Waals surface area contributed by atoms with Gasteiger partial charge in [0.1, 0.15) is 17.9 Å². The maximum Gasteiger partial charge on any atom is 0.260 e. The summed E-state index contributed by atoms with van der Waals surface area (Å²) in [4.78, 5) is 32.6. The van der Waals surface area contributed by atoms with Crippen LogP contribution >= 0.6 is 0 Å². The van der Waals surface area contributed by atoms with Gasteiger partial charge in [-0.1, -0.05) is 6.07 Å². The van der Waals surface area contributed by atoms with E-state index >= 15 is 0 Å². The lowest BCUT2D eigenvalue weighted by Crippen LogP contribution is -2.14. The lowest BCUT2D eigenvalue weighted by molar-refractivity contribution is 0.102. The first-order chi connectivity index (χ1) is 12.7. The van der Waals surface area contributed by atoms with Crippen LogP contribution in [0.4, 0.5) is 11.6 Å². The van der Waals surface area contributed by atoms with E-state index < -0.39 is 5.91 Å². The molecular formula is C17H17N7O2. The first-order valence-corrected chi connectivity index (χ1v) is 7.58. The number of pyridine rings is 2. The van der Waals surface area contributed by atoms with Gasteiger partial charge < -0.3 is 15.8 Å². The van der Waals surface area contributed by atoms with E-state index in [1.165, 1.54) is 31.0 Å². The van der Waals surface area contributed by atoms with E-state index in [0.717, 1.165) is 12.0 Å². The summed E-state index contributed by atoms with van der Waals surface area (Å²) in [5, 5.41) is 2.70. The zero-order valence-electron chi connectivity index (χ0n) is 13.8. The van der Waals surface area contributed by atoms with Crippen molar-refractivity contribution in [3.05, 3.63) is 60.4 Å². The largest absolute Gasteiger partial charge is 0.452 e. The van der Waals surface area contributed by atoms with Crippen molar-refractivity contribution >= 4 is 23.9 Å². The molecule has 0 saturated carbocycles. The average molecular weight is 351 g/mol. The Bertz CT molecular complexity index is 951. The Hall–Kier alpha value is -3.88. The molecule has 3 aromatic heterocycles. The fraction of sp³-hybridized carbons (Fsp3) is 0.0588. The molecule has 0 saturated heterocycles. The first-order valence-electron chi connectivity index (χ1n) is 7.58. The lowest BCUT2D eigenvalue weighted by Gasteiger charge is -2.09. The summed E-state index contributed by atoms with van der Waals surface area (Å²) in [6.45, 7) is 1.83. The summed E-state index contributed by atoms with van der Waals surface area (Å²) in [6, 6.07) is 6.82. The molecule has 3 N–H and O–H groups in total. The number of rotatable bonds is 5. The summed E-state index contributed by atoms with van der Waals surface area (Å²) >= 11 is 0. The topological polar surface area (TPSA) is 128 Å². The lowest BCUT2D eigenvalue weighted by atomic mass is 10.2. The van der Waals surface area contributed by atoms with Crippen molar-refractivity contribution in [2.24, 2.45) is 10.7 Å². The monoisotopic (exact) mass is 351 g/mol. The molecule has 0 aliphatic rings. The molecule has 0 unspecified atom stereocenters. The zero-order valence-corrected chi connectivity index (χ0v) is 13.8. The number of carbonyl (C=O) groups is 1. The Kier molecular flexibility index (Phi) is 5.08. The second-order valence-electron chi connectivity index (χ2n) is 5.11. The quantitative estimate of drug-likeness (QED) is 0.533. The number of nitrogens with one attached hydrogen (secondary N) is 1. The van der Waals surface area contributed by atoms with Gasteiger partial charge in [0.25, 0.3) is 5.91 Å². The van der Waals surface area contributed by atoms with E-state index in [9.17, 15) is 4.79 Å². The van der Waals surface area contributed by atoms with E-state index in [2.05, 4.69) is 30.2 Å². The van der Waals surface area contributed by atoms with E-state index in [1.807, 2.05) is 13.0 Å². The van der Waals surface area contributed by atoms with Crippen molar-refractivity contribution in [3.63, 3.8) is 0 Å². The molecule has 0 bridgehead atoms. The number of hydrogen-bond acceptors (Lipinski definition) is 7. The first kappa shape index (κ1) is 17.0. The molecule has 3 rings (SSSR count). The molecule has 26 heavy (non-hydrogen) atoms. The molecule has 1 amide bonds. The molecule has 0 aromatic carbocycles. The van der Waals surface area contributed by atoms with E-state index in [-0.39, 0.29) is 12.8 Å². The number of aliphatic imine (C=N–C) groups is 1. The van der Waals surface area contributed by atoms with Crippen molar-refractivity contribution in [2.45, 2.75) is 6.92 Å². The Morgan fingerprint density at radius 3 is 2.81 bits per heavy atom. The highest BCUT2D eigenvalue weighted by atomic mass is 16.5. The molecule has 9 nitrogen and oxygen atoms in total. The molecule has 132 valence electrons. The fourth-order valence-electron chi connectivity index (χ4n) is 2.11. The van der Waals surface area contributed by atoms with Gasteiger partial charge in [-0.2, -0.15) is 0 Å².